The van der Waals surface area contributed by atoms with Gasteiger partial charge in [-0.1, -0.05) is 46.2 Å². The Morgan fingerprint density at radius 3 is 1.65 bits per heavy atom. The summed E-state index contributed by atoms with van der Waals surface area (Å²) in [7, 11) is 0. The molecule has 2 rings (SSSR count). The second kappa shape index (κ2) is 6.67. The van der Waals surface area contributed by atoms with E-state index >= 15 is 0 Å². The van der Waals surface area contributed by atoms with Gasteiger partial charge in [-0.25, -0.2) is 0 Å². The molecule has 0 aliphatic heterocycles. The average molecular weight is 304 g/mol. The van der Waals surface area contributed by atoms with Crippen molar-refractivity contribution in [3.05, 3.63) is 10.0 Å². The van der Waals surface area contributed by atoms with E-state index < -0.39 is 0 Å². The molecule has 92 valence electrons. The Morgan fingerprint density at radius 1 is 0.824 bits per heavy atom. The Hall–Kier alpha value is -0.180. The molecular weight excluding hydrogens is 292 g/mol. The molecule has 0 saturated carbocycles. The summed E-state index contributed by atoms with van der Waals surface area (Å²) < 4.78 is 2.14. The third-order valence-corrected chi connectivity index (χ3v) is 5.87. The number of aryl methyl sites for hydroxylation is 2. The topological polar surface area (TPSA) is 51.6 Å². The highest BCUT2D eigenvalue weighted by Gasteiger charge is 2.03. The van der Waals surface area contributed by atoms with Gasteiger partial charge in [0.25, 0.3) is 0 Å². The zero-order chi connectivity index (χ0) is 12.1. The third kappa shape index (κ3) is 4.53. The first kappa shape index (κ1) is 13.3. The van der Waals surface area contributed by atoms with Gasteiger partial charge in [-0.15, -0.1) is 20.4 Å². The van der Waals surface area contributed by atoms with Crippen molar-refractivity contribution in [3.8, 4) is 0 Å². The van der Waals surface area contributed by atoms with Gasteiger partial charge in [0.2, 0.25) is 0 Å². The van der Waals surface area contributed by atoms with Crippen LogP contribution < -0.4 is 0 Å². The molecule has 4 nitrogen and oxygen atoms in total. The molecule has 0 spiro atoms. The van der Waals surface area contributed by atoms with Crippen molar-refractivity contribution in [2.24, 2.45) is 0 Å². The molecule has 0 amide bonds. The summed E-state index contributed by atoms with van der Waals surface area (Å²) in [5.74, 6) is 2.17. The van der Waals surface area contributed by atoms with Crippen molar-refractivity contribution in [2.75, 3.05) is 11.5 Å². The lowest BCUT2D eigenvalue weighted by atomic mass is 10.6. The summed E-state index contributed by atoms with van der Waals surface area (Å²) in [5.41, 5.74) is 0. The number of hydrogen-bond acceptors (Lipinski definition) is 8. The van der Waals surface area contributed by atoms with E-state index in [1.807, 2.05) is 13.8 Å². The molecule has 0 fully saturated rings. The number of hydrogen-bond donors (Lipinski definition) is 0. The number of rotatable bonds is 6. The van der Waals surface area contributed by atoms with Gasteiger partial charge in [0.1, 0.15) is 10.0 Å². The largest absolute Gasteiger partial charge is 0.174 e. The van der Waals surface area contributed by atoms with Crippen LogP contribution in [0.4, 0.5) is 0 Å². The molecule has 0 bridgehead atoms. The SMILES string of the molecule is Cc1nnc(SCCCSc2nnc(C)s2)s1. The minimum atomic E-state index is 1.03. The predicted octanol–water partition coefficient (Wildman–Crippen LogP) is 3.28. The molecule has 0 atom stereocenters. The van der Waals surface area contributed by atoms with Gasteiger partial charge in [-0.3, -0.25) is 0 Å². The lowest BCUT2D eigenvalue weighted by molar-refractivity contribution is 0.978. The van der Waals surface area contributed by atoms with Crippen LogP contribution in [-0.2, 0) is 0 Å². The lowest BCUT2D eigenvalue weighted by Crippen LogP contribution is -1.84. The number of aromatic nitrogens is 4. The van der Waals surface area contributed by atoms with Gasteiger partial charge < -0.3 is 0 Å². The van der Waals surface area contributed by atoms with Crippen LogP contribution in [0.2, 0.25) is 0 Å². The highest BCUT2D eigenvalue weighted by Crippen LogP contribution is 2.25. The van der Waals surface area contributed by atoms with Gasteiger partial charge in [-0.05, 0) is 20.3 Å². The van der Waals surface area contributed by atoms with Gasteiger partial charge in [0.15, 0.2) is 8.68 Å². The first-order valence-corrected chi connectivity index (χ1v) is 8.70. The van der Waals surface area contributed by atoms with Gasteiger partial charge in [0.05, 0.1) is 0 Å². The zero-order valence-electron chi connectivity index (χ0n) is 9.54. The standard InChI is InChI=1S/C9H12N4S4/c1-6-10-12-8(16-6)14-4-3-5-15-9-13-11-7(2)17-9/h3-5H2,1-2H3. The van der Waals surface area contributed by atoms with Crippen LogP contribution in [0.1, 0.15) is 16.4 Å². The molecule has 0 radical (unpaired) electrons. The first-order chi connectivity index (χ1) is 8.24. The zero-order valence-corrected chi connectivity index (χ0v) is 12.8. The van der Waals surface area contributed by atoms with E-state index in [1.54, 1.807) is 46.2 Å². The van der Waals surface area contributed by atoms with Crippen LogP contribution in [0.25, 0.3) is 0 Å². The molecule has 0 saturated heterocycles. The minimum absolute atomic E-state index is 1.03. The second-order valence-corrected chi connectivity index (χ2v) is 8.27. The van der Waals surface area contributed by atoms with Crippen molar-refractivity contribution in [1.82, 2.24) is 20.4 Å². The van der Waals surface area contributed by atoms with Gasteiger partial charge in [0, 0.05) is 11.5 Å². The third-order valence-electron chi connectivity index (χ3n) is 1.75. The van der Waals surface area contributed by atoms with Crippen LogP contribution in [0.5, 0.6) is 0 Å². The maximum Gasteiger partial charge on any atom is 0.174 e. The highest BCUT2D eigenvalue weighted by atomic mass is 32.2. The lowest BCUT2D eigenvalue weighted by Gasteiger charge is -1.96. The Morgan fingerprint density at radius 2 is 1.29 bits per heavy atom. The second-order valence-electron chi connectivity index (χ2n) is 3.22. The summed E-state index contributed by atoms with van der Waals surface area (Å²) >= 11 is 6.88. The summed E-state index contributed by atoms with van der Waals surface area (Å²) in [6.07, 6.45) is 1.15. The fraction of sp³-hybridized carbons (Fsp3) is 0.556. The molecular formula is C9H12N4S4. The van der Waals surface area contributed by atoms with Crippen molar-refractivity contribution in [3.63, 3.8) is 0 Å². The molecule has 0 aliphatic rings. The Kier molecular flexibility index (Phi) is 5.20. The van der Waals surface area contributed by atoms with E-state index in [0.717, 1.165) is 36.6 Å². The number of thioether (sulfide) groups is 2. The first-order valence-electron chi connectivity index (χ1n) is 5.10. The van der Waals surface area contributed by atoms with Crippen LogP contribution in [0.3, 0.4) is 0 Å². The molecule has 2 aromatic rings. The van der Waals surface area contributed by atoms with Crippen LogP contribution in [-0.4, -0.2) is 31.9 Å². The molecule has 8 heteroatoms. The van der Waals surface area contributed by atoms with E-state index in [0.29, 0.717) is 0 Å². The van der Waals surface area contributed by atoms with E-state index in [-0.39, 0.29) is 0 Å². The van der Waals surface area contributed by atoms with Crippen LogP contribution >= 0.6 is 46.2 Å². The maximum absolute atomic E-state index is 4.08. The number of nitrogens with zero attached hydrogens (tertiary/aromatic N) is 4. The molecule has 0 N–H and O–H groups in total. The summed E-state index contributed by atoms with van der Waals surface area (Å²) in [4.78, 5) is 0. The minimum Gasteiger partial charge on any atom is -0.143 e. The maximum atomic E-state index is 4.08. The fourth-order valence-electron chi connectivity index (χ4n) is 1.05. The van der Waals surface area contributed by atoms with Crippen LogP contribution in [0, 0.1) is 13.8 Å². The monoisotopic (exact) mass is 304 g/mol. The van der Waals surface area contributed by atoms with Crippen molar-refractivity contribution in [1.29, 1.82) is 0 Å². The molecule has 0 aromatic carbocycles. The average Bonchev–Trinajstić information content (AvgIpc) is 2.88. The smallest absolute Gasteiger partial charge is 0.143 e. The summed E-state index contributed by atoms with van der Waals surface area (Å²) in [6.45, 7) is 3.96. The van der Waals surface area contributed by atoms with Gasteiger partial charge in [-0.2, -0.15) is 0 Å². The molecule has 2 aromatic heterocycles. The summed E-state index contributed by atoms with van der Waals surface area (Å²) in [5, 5.41) is 18.2. The van der Waals surface area contributed by atoms with Crippen molar-refractivity contribution < 1.29 is 0 Å². The summed E-state index contributed by atoms with van der Waals surface area (Å²) in [6, 6.07) is 0. The molecule has 2 heterocycles. The quantitative estimate of drug-likeness (QED) is 0.603. The van der Waals surface area contributed by atoms with E-state index in [1.165, 1.54) is 0 Å². The Labute approximate surface area is 117 Å². The van der Waals surface area contributed by atoms with Crippen molar-refractivity contribution in [2.45, 2.75) is 28.9 Å². The highest BCUT2D eigenvalue weighted by molar-refractivity contribution is 8.01. The Balaban J connectivity index is 1.60. The van der Waals surface area contributed by atoms with Gasteiger partial charge >= 0.3 is 0 Å². The Bertz CT molecular complexity index is 425. The molecule has 0 unspecified atom stereocenters. The van der Waals surface area contributed by atoms with E-state index in [2.05, 4.69) is 20.4 Å². The fourth-order valence-corrected chi connectivity index (χ4v) is 4.88. The van der Waals surface area contributed by atoms with Crippen LogP contribution in [0.15, 0.2) is 8.68 Å². The van der Waals surface area contributed by atoms with E-state index in [9.17, 15) is 0 Å². The van der Waals surface area contributed by atoms with Crippen molar-refractivity contribution >= 4 is 46.2 Å². The predicted molar refractivity (Wildman–Crippen MR) is 75.4 cm³/mol. The molecule has 17 heavy (non-hydrogen) atoms. The molecule has 0 aliphatic carbocycles. The normalized spacial score (nSPS) is 10.9. The van der Waals surface area contributed by atoms with E-state index in [4.69, 9.17) is 0 Å².